The molecule has 138 valence electrons. The SMILES string of the molecule is O=P(c1ccccc1)(c1ccccc1)P(=O)(c1ccccc1)c1ccccc1. The third-order valence-corrected chi connectivity index (χ3v) is 14.8. The molecule has 4 heteroatoms. The Kier molecular flexibility index (Phi) is 5.18. The van der Waals surface area contributed by atoms with E-state index in [0.717, 1.165) is 0 Å². The summed E-state index contributed by atoms with van der Waals surface area (Å²) in [4.78, 5) is 0. The first kappa shape index (κ1) is 18.7. The molecule has 0 aromatic heterocycles. The van der Waals surface area contributed by atoms with Gasteiger partial charge in [0.05, 0.1) is 0 Å². The fourth-order valence-electron chi connectivity index (χ4n) is 3.47. The van der Waals surface area contributed by atoms with E-state index in [9.17, 15) is 9.13 Å². The number of hydrogen-bond acceptors (Lipinski definition) is 2. The summed E-state index contributed by atoms with van der Waals surface area (Å²) >= 11 is 0. The Morgan fingerprint density at radius 1 is 0.321 bits per heavy atom. The zero-order valence-electron chi connectivity index (χ0n) is 15.3. The first-order valence-electron chi connectivity index (χ1n) is 9.10. The summed E-state index contributed by atoms with van der Waals surface area (Å²) in [6.07, 6.45) is 0. The molecule has 28 heavy (non-hydrogen) atoms. The Hall–Kier alpha value is -2.66. The third-order valence-electron chi connectivity index (χ3n) is 4.82. The molecule has 0 unspecified atom stereocenters. The zero-order valence-corrected chi connectivity index (χ0v) is 17.0. The number of hydrogen-bond donors (Lipinski definition) is 0. The molecule has 0 amide bonds. The van der Waals surface area contributed by atoms with Crippen molar-refractivity contribution in [2.24, 2.45) is 0 Å². The van der Waals surface area contributed by atoms with Crippen molar-refractivity contribution in [2.75, 3.05) is 0 Å². The van der Waals surface area contributed by atoms with Crippen LogP contribution in [0.1, 0.15) is 0 Å². The predicted molar refractivity (Wildman–Crippen MR) is 120 cm³/mol. The van der Waals surface area contributed by atoms with Gasteiger partial charge in [-0.3, -0.25) is 0 Å². The van der Waals surface area contributed by atoms with Crippen molar-refractivity contribution < 1.29 is 9.13 Å². The third kappa shape index (κ3) is 3.00. The Labute approximate surface area is 165 Å². The first-order chi connectivity index (χ1) is 13.7. The maximum Gasteiger partial charge on any atom is 0.206 e. The van der Waals surface area contributed by atoms with Crippen molar-refractivity contribution in [1.82, 2.24) is 0 Å². The van der Waals surface area contributed by atoms with E-state index in [1.165, 1.54) is 0 Å². The van der Waals surface area contributed by atoms with E-state index < -0.39 is 13.7 Å². The lowest BCUT2D eigenvalue weighted by Gasteiger charge is -2.30. The quantitative estimate of drug-likeness (QED) is 0.444. The molecule has 0 bridgehead atoms. The fraction of sp³-hybridized carbons (Fsp3) is 0. The van der Waals surface area contributed by atoms with Crippen LogP contribution >= 0.6 is 13.7 Å². The van der Waals surface area contributed by atoms with E-state index in [1.54, 1.807) is 0 Å². The predicted octanol–water partition coefficient (Wildman–Crippen LogP) is 4.93. The number of rotatable bonds is 5. The standard InChI is InChI=1S/C24H20O2P2/c25-27(21-13-5-1-6-14-21,22-15-7-2-8-16-22)28(26,23-17-9-3-10-18-23)24-19-11-4-12-20-24/h1-20H. The average molecular weight is 402 g/mol. The van der Waals surface area contributed by atoms with E-state index >= 15 is 0 Å². The molecule has 0 fully saturated rings. The van der Waals surface area contributed by atoms with Gasteiger partial charge in [-0.05, 0) is 0 Å². The van der Waals surface area contributed by atoms with Gasteiger partial charge in [0.25, 0.3) is 0 Å². The van der Waals surface area contributed by atoms with E-state index in [4.69, 9.17) is 0 Å². The second kappa shape index (κ2) is 7.76. The summed E-state index contributed by atoms with van der Waals surface area (Å²) in [5, 5.41) is 2.43. The molecule has 0 radical (unpaired) electrons. The van der Waals surface area contributed by atoms with Crippen LogP contribution in [0.2, 0.25) is 0 Å². The Balaban J connectivity index is 2.13. The molecule has 4 rings (SSSR count). The lowest BCUT2D eigenvalue weighted by atomic mass is 10.4. The van der Waals surface area contributed by atoms with Crippen LogP contribution in [-0.2, 0) is 9.13 Å². The minimum Gasteiger partial charge on any atom is -0.305 e. The van der Waals surface area contributed by atoms with Crippen LogP contribution < -0.4 is 21.2 Å². The molecule has 2 nitrogen and oxygen atoms in total. The summed E-state index contributed by atoms with van der Waals surface area (Å²) in [6.45, 7) is -7.07. The Morgan fingerprint density at radius 2 is 0.500 bits per heavy atom. The summed E-state index contributed by atoms with van der Waals surface area (Å²) in [6, 6.07) is 37.0. The van der Waals surface area contributed by atoms with E-state index in [1.807, 2.05) is 121 Å². The molecule has 0 heterocycles. The van der Waals surface area contributed by atoms with Crippen molar-refractivity contribution in [3.63, 3.8) is 0 Å². The largest absolute Gasteiger partial charge is 0.305 e. The monoisotopic (exact) mass is 402 g/mol. The smallest absolute Gasteiger partial charge is 0.206 e. The van der Waals surface area contributed by atoms with Crippen molar-refractivity contribution in [3.8, 4) is 0 Å². The molecular weight excluding hydrogens is 382 g/mol. The molecule has 4 aromatic carbocycles. The first-order valence-corrected chi connectivity index (χ1v) is 13.2. The molecule has 0 aliphatic carbocycles. The van der Waals surface area contributed by atoms with Gasteiger partial charge < -0.3 is 9.13 Å². The van der Waals surface area contributed by atoms with Gasteiger partial charge in [0, 0.05) is 21.2 Å². The van der Waals surface area contributed by atoms with Gasteiger partial charge in [0.15, 0.2) is 0 Å². The minimum atomic E-state index is -3.53. The average Bonchev–Trinajstić information content (AvgIpc) is 2.80. The van der Waals surface area contributed by atoms with Crippen molar-refractivity contribution in [2.45, 2.75) is 0 Å². The second-order valence-corrected chi connectivity index (χ2v) is 14.2. The van der Waals surface area contributed by atoms with Crippen LogP contribution in [0.4, 0.5) is 0 Å². The lowest BCUT2D eigenvalue weighted by Crippen LogP contribution is -2.25. The maximum absolute atomic E-state index is 15.0. The topological polar surface area (TPSA) is 34.1 Å². The molecular formula is C24H20O2P2. The van der Waals surface area contributed by atoms with Crippen LogP contribution in [0.5, 0.6) is 0 Å². The highest BCUT2D eigenvalue weighted by molar-refractivity contribution is 8.47. The van der Waals surface area contributed by atoms with E-state index in [-0.39, 0.29) is 0 Å². The maximum atomic E-state index is 15.0. The van der Waals surface area contributed by atoms with Crippen LogP contribution in [-0.4, -0.2) is 0 Å². The van der Waals surface area contributed by atoms with Crippen LogP contribution in [0, 0.1) is 0 Å². The summed E-state index contributed by atoms with van der Waals surface area (Å²) in [5.74, 6) is 0. The number of benzene rings is 4. The highest BCUT2D eigenvalue weighted by Crippen LogP contribution is 2.77. The Morgan fingerprint density at radius 3 is 0.679 bits per heavy atom. The van der Waals surface area contributed by atoms with Crippen LogP contribution in [0.15, 0.2) is 121 Å². The molecule has 0 saturated heterocycles. The fourth-order valence-corrected chi connectivity index (χ4v) is 13.2. The summed E-state index contributed by atoms with van der Waals surface area (Å²) < 4.78 is 30.0. The van der Waals surface area contributed by atoms with Crippen LogP contribution in [0.25, 0.3) is 0 Å². The minimum absolute atomic E-state index is 0.609. The zero-order chi connectivity index (χ0) is 19.5. The van der Waals surface area contributed by atoms with Crippen LogP contribution in [0.3, 0.4) is 0 Å². The highest BCUT2D eigenvalue weighted by Gasteiger charge is 2.48. The summed E-state index contributed by atoms with van der Waals surface area (Å²) in [5.41, 5.74) is 0. The lowest BCUT2D eigenvalue weighted by molar-refractivity contribution is 0.578. The molecule has 4 aromatic rings. The van der Waals surface area contributed by atoms with Gasteiger partial charge in [0.2, 0.25) is 13.7 Å². The second-order valence-electron chi connectivity index (χ2n) is 6.49. The van der Waals surface area contributed by atoms with Gasteiger partial charge in [-0.15, -0.1) is 0 Å². The van der Waals surface area contributed by atoms with Gasteiger partial charge in [-0.1, -0.05) is 121 Å². The van der Waals surface area contributed by atoms with Gasteiger partial charge in [-0.25, -0.2) is 0 Å². The molecule has 0 spiro atoms. The molecule has 0 N–H and O–H groups in total. The van der Waals surface area contributed by atoms with Gasteiger partial charge in [-0.2, -0.15) is 0 Å². The Bertz CT molecular complexity index is 960. The molecule has 0 atom stereocenters. The molecule has 0 aliphatic heterocycles. The van der Waals surface area contributed by atoms with Crippen molar-refractivity contribution >= 4 is 34.9 Å². The summed E-state index contributed by atoms with van der Waals surface area (Å²) in [7, 11) is 0. The van der Waals surface area contributed by atoms with Gasteiger partial charge >= 0.3 is 0 Å². The highest BCUT2D eigenvalue weighted by atomic mass is 32.1. The van der Waals surface area contributed by atoms with Gasteiger partial charge in [0.1, 0.15) is 0 Å². The normalized spacial score (nSPS) is 11.9. The van der Waals surface area contributed by atoms with Crippen molar-refractivity contribution in [1.29, 1.82) is 0 Å². The molecule has 0 aliphatic rings. The van der Waals surface area contributed by atoms with E-state index in [2.05, 4.69) is 0 Å². The molecule has 0 saturated carbocycles. The van der Waals surface area contributed by atoms with Crippen molar-refractivity contribution in [3.05, 3.63) is 121 Å². The van der Waals surface area contributed by atoms with E-state index in [0.29, 0.717) is 21.2 Å².